The van der Waals surface area contributed by atoms with Crippen molar-refractivity contribution in [2.75, 3.05) is 6.26 Å². The number of nitrogens with one attached hydrogen (secondary N) is 2. The van der Waals surface area contributed by atoms with E-state index in [1.807, 2.05) is 0 Å². The molecule has 8 nitrogen and oxygen atoms in total. The molecule has 2 aromatic rings. The van der Waals surface area contributed by atoms with Gasteiger partial charge in [-0.2, -0.15) is 0 Å². The summed E-state index contributed by atoms with van der Waals surface area (Å²) in [7, 11) is -3.55. The lowest BCUT2D eigenvalue weighted by Gasteiger charge is -2.49. The Morgan fingerprint density at radius 1 is 1.09 bits per heavy atom. The van der Waals surface area contributed by atoms with Gasteiger partial charge in [-0.05, 0) is 42.2 Å². The van der Waals surface area contributed by atoms with Gasteiger partial charge in [-0.3, -0.25) is 14.8 Å². The summed E-state index contributed by atoms with van der Waals surface area (Å²) in [5.74, 6) is -2.02. The van der Waals surface area contributed by atoms with Crippen LogP contribution in [0.4, 0.5) is 0 Å². The average Bonchev–Trinajstić information content (AvgIpc) is 2.78. The first kappa shape index (κ1) is 24.9. The van der Waals surface area contributed by atoms with Crippen molar-refractivity contribution in [2.24, 2.45) is 0 Å². The molecule has 1 aliphatic heterocycles. The second kappa shape index (κ2) is 9.83. The molecular formula is C23H25Cl2N3O5S. The zero-order valence-electron chi connectivity index (χ0n) is 18.4. The standard InChI is InChI=1S/C23H25Cl2N3O5S/c1-34(32,33)27-18-8-4-5-9-19(18)28-21(16-11-10-13(24)12-17(16)25)20(22(29)26-31)14-6-2-3-7-15(14)23(28)30/h2-3,6-7,10-12,18-21,27,31H,4-5,8-9H2,1H3,(H,26,29)/t18-,19?,20+,21-/m0/s1. The number of amides is 2. The number of nitrogens with zero attached hydrogens (tertiary/aromatic N) is 1. The van der Waals surface area contributed by atoms with Crippen molar-refractivity contribution in [3.05, 3.63) is 69.2 Å². The smallest absolute Gasteiger partial charge is 0.255 e. The summed E-state index contributed by atoms with van der Waals surface area (Å²) in [5.41, 5.74) is 2.99. The minimum atomic E-state index is -3.55. The highest BCUT2D eigenvalue weighted by Gasteiger charge is 2.49. The third-order valence-electron chi connectivity index (χ3n) is 6.50. The van der Waals surface area contributed by atoms with Crippen LogP contribution < -0.4 is 10.2 Å². The van der Waals surface area contributed by atoms with Crippen LogP contribution in [0.2, 0.25) is 10.0 Å². The van der Waals surface area contributed by atoms with Crippen LogP contribution in [0.25, 0.3) is 0 Å². The number of hydrogen-bond acceptors (Lipinski definition) is 5. The molecule has 0 bridgehead atoms. The molecule has 0 spiro atoms. The predicted octanol–water partition coefficient (Wildman–Crippen LogP) is 3.64. The highest BCUT2D eigenvalue weighted by atomic mass is 35.5. The van der Waals surface area contributed by atoms with Crippen molar-refractivity contribution in [1.29, 1.82) is 0 Å². The van der Waals surface area contributed by atoms with Gasteiger partial charge in [-0.1, -0.05) is 60.3 Å². The Balaban J connectivity index is 1.94. The van der Waals surface area contributed by atoms with Gasteiger partial charge in [-0.15, -0.1) is 0 Å². The number of hydroxylamine groups is 1. The summed E-state index contributed by atoms with van der Waals surface area (Å²) < 4.78 is 26.9. The summed E-state index contributed by atoms with van der Waals surface area (Å²) in [4.78, 5) is 28.6. The Hall–Kier alpha value is -2.17. The predicted molar refractivity (Wildman–Crippen MR) is 129 cm³/mol. The van der Waals surface area contributed by atoms with Crippen molar-refractivity contribution >= 4 is 45.0 Å². The summed E-state index contributed by atoms with van der Waals surface area (Å²) in [6.07, 6.45) is 3.75. The van der Waals surface area contributed by atoms with Crippen LogP contribution in [-0.4, -0.2) is 48.7 Å². The molecule has 0 aromatic heterocycles. The molecule has 3 N–H and O–H groups in total. The average molecular weight is 526 g/mol. The first-order valence-electron chi connectivity index (χ1n) is 10.9. The van der Waals surface area contributed by atoms with E-state index >= 15 is 0 Å². The molecule has 4 atom stereocenters. The van der Waals surface area contributed by atoms with Crippen LogP contribution >= 0.6 is 23.2 Å². The van der Waals surface area contributed by atoms with Gasteiger partial charge in [0.15, 0.2) is 0 Å². The van der Waals surface area contributed by atoms with E-state index in [-0.39, 0.29) is 10.9 Å². The lowest BCUT2D eigenvalue weighted by molar-refractivity contribution is -0.133. The topological polar surface area (TPSA) is 116 Å². The van der Waals surface area contributed by atoms with Gasteiger partial charge in [0.05, 0.1) is 18.2 Å². The zero-order chi connectivity index (χ0) is 24.6. The molecule has 0 saturated heterocycles. The first-order valence-corrected chi connectivity index (χ1v) is 13.5. The number of sulfonamides is 1. The van der Waals surface area contributed by atoms with Crippen molar-refractivity contribution in [3.8, 4) is 0 Å². The fourth-order valence-corrected chi connectivity index (χ4v) is 6.54. The molecule has 2 amide bonds. The second-order valence-corrected chi connectivity index (χ2v) is 11.3. The molecule has 4 rings (SSSR count). The number of rotatable bonds is 5. The number of carbonyl (C=O) groups is 2. The van der Waals surface area contributed by atoms with E-state index < -0.39 is 40.0 Å². The van der Waals surface area contributed by atoms with Gasteiger partial charge in [0, 0.05) is 27.7 Å². The summed E-state index contributed by atoms with van der Waals surface area (Å²) >= 11 is 12.7. The molecule has 182 valence electrons. The van der Waals surface area contributed by atoms with Crippen LogP contribution in [0.3, 0.4) is 0 Å². The molecule has 1 aliphatic carbocycles. The third kappa shape index (κ3) is 4.81. The Morgan fingerprint density at radius 2 is 1.79 bits per heavy atom. The molecular weight excluding hydrogens is 501 g/mol. The maximum atomic E-state index is 13.9. The van der Waals surface area contributed by atoms with Crippen molar-refractivity contribution in [3.63, 3.8) is 0 Å². The Kier molecular flexibility index (Phi) is 7.21. The summed E-state index contributed by atoms with van der Waals surface area (Å²) in [6.45, 7) is 0. The number of benzene rings is 2. The minimum Gasteiger partial charge on any atom is -0.326 e. The van der Waals surface area contributed by atoms with Gasteiger partial charge in [0.2, 0.25) is 10.0 Å². The van der Waals surface area contributed by atoms with Crippen LogP contribution in [0.15, 0.2) is 42.5 Å². The maximum absolute atomic E-state index is 13.9. The Labute approximate surface area is 208 Å². The fourth-order valence-electron chi connectivity index (χ4n) is 5.20. The zero-order valence-corrected chi connectivity index (χ0v) is 20.7. The highest BCUT2D eigenvalue weighted by Crippen LogP contribution is 2.47. The lowest BCUT2D eigenvalue weighted by atomic mass is 9.76. The van der Waals surface area contributed by atoms with E-state index in [9.17, 15) is 23.2 Å². The molecule has 1 heterocycles. The molecule has 2 aromatic carbocycles. The van der Waals surface area contributed by atoms with Crippen LogP contribution in [0.5, 0.6) is 0 Å². The molecule has 1 fully saturated rings. The Bertz CT molecular complexity index is 1220. The van der Waals surface area contributed by atoms with Gasteiger partial charge < -0.3 is 4.90 Å². The molecule has 11 heteroatoms. The maximum Gasteiger partial charge on any atom is 0.255 e. The van der Waals surface area contributed by atoms with Gasteiger partial charge in [-0.25, -0.2) is 18.6 Å². The number of hydrogen-bond donors (Lipinski definition) is 3. The van der Waals surface area contributed by atoms with Gasteiger partial charge in [0.25, 0.3) is 11.8 Å². The largest absolute Gasteiger partial charge is 0.326 e. The van der Waals surface area contributed by atoms with E-state index in [0.717, 1.165) is 19.1 Å². The number of carbonyl (C=O) groups excluding carboxylic acids is 2. The second-order valence-electron chi connectivity index (χ2n) is 8.71. The molecule has 1 saturated carbocycles. The number of halogens is 2. The highest BCUT2D eigenvalue weighted by molar-refractivity contribution is 7.88. The van der Waals surface area contributed by atoms with Crippen LogP contribution in [0, 0.1) is 0 Å². The molecule has 0 radical (unpaired) electrons. The van der Waals surface area contributed by atoms with E-state index in [4.69, 9.17) is 23.2 Å². The van der Waals surface area contributed by atoms with E-state index in [1.165, 1.54) is 6.07 Å². The van der Waals surface area contributed by atoms with Crippen LogP contribution in [0.1, 0.15) is 59.1 Å². The molecule has 2 aliphatic rings. The SMILES string of the molecule is CS(=O)(=O)N[C@H]1CCCCC1N1C(=O)c2ccccc2[C@@H](C(=O)NO)[C@@H]1c1ccc(Cl)cc1Cl. The van der Waals surface area contributed by atoms with E-state index in [2.05, 4.69) is 4.72 Å². The summed E-state index contributed by atoms with van der Waals surface area (Å²) in [6, 6.07) is 9.56. The fraction of sp³-hybridized carbons (Fsp3) is 0.391. The van der Waals surface area contributed by atoms with Crippen molar-refractivity contribution in [2.45, 2.75) is 49.7 Å². The monoisotopic (exact) mass is 525 g/mol. The quantitative estimate of drug-likeness (QED) is 0.407. The van der Waals surface area contributed by atoms with E-state index in [1.54, 1.807) is 46.8 Å². The third-order valence-corrected chi connectivity index (χ3v) is 7.80. The molecule has 34 heavy (non-hydrogen) atoms. The van der Waals surface area contributed by atoms with E-state index in [0.29, 0.717) is 34.6 Å². The van der Waals surface area contributed by atoms with Crippen LogP contribution in [-0.2, 0) is 14.8 Å². The van der Waals surface area contributed by atoms with Gasteiger partial charge >= 0.3 is 0 Å². The van der Waals surface area contributed by atoms with Crippen molar-refractivity contribution < 1.29 is 23.2 Å². The van der Waals surface area contributed by atoms with Gasteiger partial charge in [0.1, 0.15) is 0 Å². The normalized spacial score (nSPS) is 25.1. The van der Waals surface area contributed by atoms with Crippen molar-refractivity contribution in [1.82, 2.24) is 15.1 Å². The lowest BCUT2D eigenvalue weighted by Crippen LogP contribution is -2.59. The molecule has 1 unspecified atom stereocenters. The summed E-state index contributed by atoms with van der Waals surface area (Å²) in [5, 5.41) is 10.3. The minimum absolute atomic E-state index is 0.258. The number of fused-ring (bicyclic) bond motifs is 1. The Morgan fingerprint density at radius 3 is 2.47 bits per heavy atom. The first-order chi connectivity index (χ1) is 16.1.